The van der Waals surface area contributed by atoms with E-state index in [1.54, 1.807) is 0 Å². The van der Waals surface area contributed by atoms with Crippen molar-refractivity contribution in [3.63, 3.8) is 0 Å². The van der Waals surface area contributed by atoms with Crippen LogP contribution in [0.1, 0.15) is 19.3 Å². The Morgan fingerprint density at radius 3 is 2.50 bits per heavy atom. The summed E-state index contributed by atoms with van der Waals surface area (Å²) in [5.74, 6) is 0.550. The minimum absolute atomic E-state index is 0.0658. The summed E-state index contributed by atoms with van der Waals surface area (Å²) < 4.78 is 0.0658. The van der Waals surface area contributed by atoms with Gasteiger partial charge in [-0.15, -0.1) is 0 Å². The standard InChI is InChI=1S/C7H7BrCl2/c8-7-2-1-4(3-7)5(9)6(7)10/h4H,1-3H2. The lowest BCUT2D eigenvalue weighted by Crippen LogP contribution is -2.13. The second-order valence-corrected chi connectivity index (χ2v) is 5.37. The molecule has 2 bridgehead atoms. The SMILES string of the molecule is ClC1=C(Cl)C2(Br)CCC1C2. The largest absolute Gasteiger partial charge is 0.0875 e. The van der Waals surface area contributed by atoms with E-state index in [-0.39, 0.29) is 4.32 Å². The van der Waals surface area contributed by atoms with Crippen molar-refractivity contribution in [3.05, 3.63) is 10.1 Å². The quantitative estimate of drug-likeness (QED) is 0.569. The third kappa shape index (κ3) is 0.804. The average Bonchev–Trinajstić information content (AvgIpc) is 2.35. The molecule has 2 aliphatic rings. The van der Waals surface area contributed by atoms with Crippen LogP contribution in [0.5, 0.6) is 0 Å². The lowest BCUT2D eigenvalue weighted by molar-refractivity contribution is 0.686. The monoisotopic (exact) mass is 240 g/mol. The molecule has 2 rings (SSSR count). The molecule has 56 valence electrons. The minimum atomic E-state index is 0.0658. The minimum Gasteiger partial charge on any atom is -0.0875 e. The Balaban J connectivity index is 2.45. The summed E-state index contributed by atoms with van der Waals surface area (Å²) in [6.45, 7) is 0. The van der Waals surface area contributed by atoms with Gasteiger partial charge in [0.1, 0.15) is 0 Å². The third-order valence-corrected chi connectivity index (χ3v) is 4.93. The highest BCUT2D eigenvalue weighted by Gasteiger charge is 2.48. The lowest BCUT2D eigenvalue weighted by atomic mass is 10.1. The van der Waals surface area contributed by atoms with E-state index in [0.717, 1.165) is 22.9 Å². The van der Waals surface area contributed by atoms with E-state index >= 15 is 0 Å². The Morgan fingerprint density at radius 2 is 2.20 bits per heavy atom. The highest BCUT2D eigenvalue weighted by molar-refractivity contribution is 9.10. The maximum Gasteiger partial charge on any atom is 0.0631 e. The molecular formula is C7H7BrCl2. The number of hydrogen-bond donors (Lipinski definition) is 0. The topological polar surface area (TPSA) is 0 Å². The van der Waals surface area contributed by atoms with Gasteiger partial charge >= 0.3 is 0 Å². The molecule has 10 heavy (non-hydrogen) atoms. The van der Waals surface area contributed by atoms with Crippen LogP contribution in [0.4, 0.5) is 0 Å². The van der Waals surface area contributed by atoms with Gasteiger partial charge < -0.3 is 0 Å². The van der Waals surface area contributed by atoms with Crippen molar-refractivity contribution in [1.82, 2.24) is 0 Å². The highest BCUT2D eigenvalue weighted by atomic mass is 79.9. The van der Waals surface area contributed by atoms with Gasteiger partial charge in [-0.05, 0) is 25.2 Å². The van der Waals surface area contributed by atoms with Gasteiger partial charge in [-0.2, -0.15) is 0 Å². The van der Waals surface area contributed by atoms with Crippen molar-refractivity contribution in [2.24, 2.45) is 5.92 Å². The molecule has 0 radical (unpaired) electrons. The molecule has 0 saturated heterocycles. The summed E-state index contributed by atoms with van der Waals surface area (Å²) in [4.78, 5) is 0. The molecule has 0 aromatic carbocycles. The normalized spacial score (nSPS) is 45.3. The second kappa shape index (κ2) is 2.15. The van der Waals surface area contributed by atoms with Gasteiger partial charge in [-0.1, -0.05) is 39.1 Å². The van der Waals surface area contributed by atoms with Crippen LogP contribution in [0.25, 0.3) is 0 Å². The molecule has 2 atom stereocenters. The van der Waals surface area contributed by atoms with Gasteiger partial charge in [0.05, 0.1) is 4.32 Å². The van der Waals surface area contributed by atoms with Gasteiger partial charge in [0, 0.05) is 10.1 Å². The van der Waals surface area contributed by atoms with E-state index in [4.69, 9.17) is 23.2 Å². The summed E-state index contributed by atoms with van der Waals surface area (Å²) in [5.41, 5.74) is 0. The first kappa shape index (κ1) is 7.45. The number of fused-ring (bicyclic) bond motifs is 2. The van der Waals surface area contributed by atoms with Crippen LogP contribution in [-0.4, -0.2) is 4.32 Å². The summed E-state index contributed by atoms with van der Waals surface area (Å²) >= 11 is 15.6. The molecule has 1 saturated carbocycles. The van der Waals surface area contributed by atoms with Crippen LogP contribution in [0, 0.1) is 5.92 Å². The van der Waals surface area contributed by atoms with E-state index in [0.29, 0.717) is 5.92 Å². The van der Waals surface area contributed by atoms with E-state index in [9.17, 15) is 0 Å². The van der Waals surface area contributed by atoms with Gasteiger partial charge in [-0.3, -0.25) is 0 Å². The van der Waals surface area contributed by atoms with E-state index in [2.05, 4.69) is 15.9 Å². The predicted molar refractivity (Wildman–Crippen MR) is 47.7 cm³/mol. The molecule has 0 N–H and O–H groups in total. The lowest BCUT2D eigenvalue weighted by Gasteiger charge is -2.18. The molecule has 0 aromatic heterocycles. The first-order chi connectivity index (χ1) is 4.63. The summed E-state index contributed by atoms with van der Waals surface area (Å²) in [5, 5.41) is 1.75. The zero-order chi connectivity index (χ0) is 7.35. The second-order valence-electron chi connectivity index (χ2n) is 3.07. The third-order valence-electron chi connectivity index (χ3n) is 2.42. The number of allylic oxidation sites excluding steroid dienone is 2. The van der Waals surface area contributed by atoms with Gasteiger partial charge in [0.15, 0.2) is 0 Å². The maximum atomic E-state index is 6.00. The maximum absolute atomic E-state index is 6.00. The molecule has 3 heteroatoms. The Labute approximate surface area is 78.7 Å². The average molecular weight is 242 g/mol. The number of rotatable bonds is 0. The molecule has 2 unspecified atom stereocenters. The van der Waals surface area contributed by atoms with Crippen LogP contribution >= 0.6 is 39.1 Å². The number of halogens is 3. The fraction of sp³-hybridized carbons (Fsp3) is 0.714. The van der Waals surface area contributed by atoms with Crippen molar-refractivity contribution in [2.75, 3.05) is 0 Å². The number of alkyl halides is 1. The van der Waals surface area contributed by atoms with Gasteiger partial charge in [0.2, 0.25) is 0 Å². The molecule has 0 nitrogen and oxygen atoms in total. The van der Waals surface area contributed by atoms with Crippen molar-refractivity contribution >= 4 is 39.1 Å². The van der Waals surface area contributed by atoms with Crippen molar-refractivity contribution in [3.8, 4) is 0 Å². The van der Waals surface area contributed by atoms with Crippen LogP contribution in [0.15, 0.2) is 10.1 Å². The van der Waals surface area contributed by atoms with Crippen LogP contribution in [0.3, 0.4) is 0 Å². The van der Waals surface area contributed by atoms with Crippen LogP contribution < -0.4 is 0 Å². The Bertz CT molecular complexity index is 212. The van der Waals surface area contributed by atoms with Gasteiger partial charge in [-0.25, -0.2) is 0 Å². The fourth-order valence-electron chi connectivity index (χ4n) is 1.81. The summed E-state index contributed by atoms with van der Waals surface area (Å²) in [6.07, 6.45) is 3.44. The fourth-order valence-corrected chi connectivity index (χ4v) is 3.45. The molecule has 0 heterocycles. The summed E-state index contributed by atoms with van der Waals surface area (Å²) in [7, 11) is 0. The zero-order valence-electron chi connectivity index (χ0n) is 5.33. The molecule has 0 spiro atoms. The number of hydrogen-bond acceptors (Lipinski definition) is 0. The zero-order valence-corrected chi connectivity index (χ0v) is 8.43. The van der Waals surface area contributed by atoms with Crippen molar-refractivity contribution in [2.45, 2.75) is 23.6 Å². The van der Waals surface area contributed by atoms with Gasteiger partial charge in [0.25, 0.3) is 0 Å². The highest BCUT2D eigenvalue weighted by Crippen LogP contribution is 2.58. The first-order valence-corrected chi connectivity index (χ1v) is 4.93. The smallest absolute Gasteiger partial charge is 0.0631 e. The molecule has 0 amide bonds. The molecule has 0 aromatic rings. The van der Waals surface area contributed by atoms with Crippen LogP contribution in [-0.2, 0) is 0 Å². The molecular weight excluding hydrogens is 235 g/mol. The van der Waals surface area contributed by atoms with Crippen molar-refractivity contribution in [1.29, 1.82) is 0 Å². The molecule has 1 fully saturated rings. The van der Waals surface area contributed by atoms with Crippen molar-refractivity contribution < 1.29 is 0 Å². The summed E-state index contributed by atoms with van der Waals surface area (Å²) in [6, 6.07) is 0. The molecule has 0 aliphatic heterocycles. The van der Waals surface area contributed by atoms with Crippen LogP contribution in [0.2, 0.25) is 0 Å². The predicted octanol–water partition coefficient (Wildman–Crippen LogP) is 3.62. The Kier molecular flexibility index (Phi) is 1.60. The first-order valence-electron chi connectivity index (χ1n) is 3.38. The van der Waals surface area contributed by atoms with E-state index in [1.807, 2.05) is 0 Å². The Hall–Kier alpha value is 0.800. The van der Waals surface area contributed by atoms with E-state index < -0.39 is 0 Å². The van der Waals surface area contributed by atoms with E-state index in [1.165, 1.54) is 6.42 Å². The Morgan fingerprint density at radius 1 is 1.50 bits per heavy atom. The molecule has 2 aliphatic carbocycles.